The van der Waals surface area contributed by atoms with E-state index in [2.05, 4.69) is 15.1 Å². The van der Waals surface area contributed by atoms with Crippen molar-refractivity contribution in [1.82, 2.24) is 19.8 Å². The highest BCUT2D eigenvalue weighted by atomic mass is 32.2. The first-order valence-electron chi connectivity index (χ1n) is 6.59. The maximum atomic E-state index is 12.1. The van der Waals surface area contributed by atoms with Crippen LogP contribution in [0.25, 0.3) is 0 Å². The van der Waals surface area contributed by atoms with Gasteiger partial charge in [0.2, 0.25) is 10.0 Å². The van der Waals surface area contributed by atoms with Crippen LogP contribution >= 0.6 is 0 Å². The number of nitrogens with zero attached hydrogens (tertiary/aromatic N) is 2. The van der Waals surface area contributed by atoms with Crippen molar-refractivity contribution < 1.29 is 8.42 Å². The molecule has 0 radical (unpaired) electrons. The molecule has 0 aliphatic heterocycles. The Morgan fingerprint density at radius 1 is 1.53 bits per heavy atom. The van der Waals surface area contributed by atoms with Crippen LogP contribution in [0.5, 0.6) is 0 Å². The van der Waals surface area contributed by atoms with E-state index in [4.69, 9.17) is 0 Å². The summed E-state index contributed by atoms with van der Waals surface area (Å²) < 4.78 is 28.5. The lowest BCUT2D eigenvalue weighted by atomic mass is 10.3. The standard InChI is InChI=1S/C12H22N4O2S/c1-9(6-13-12-4-5-12)19(17,18)15-8-11-7-14-16(3)10(11)2/h7,9,12-13,15H,4-6,8H2,1-3H3. The number of sulfonamides is 1. The lowest BCUT2D eigenvalue weighted by molar-refractivity contribution is 0.556. The van der Waals surface area contributed by atoms with Crippen molar-refractivity contribution in [3.05, 3.63) is 17.5 Å². The van der Waals surface area contributed by atoms with Gasteiger partial charge >= 0.3 is 0 Å². The van der Waals surface area contributed by atoms with Crippen LogP contribution in [0.3, 0.4) is 0 Å². The van der Waals surface area contributed by atoms with Crippen molar-refractivity contribution >= 4 is 10.0 Å². The smallest absolute Gasteiger partial charge is 0.215 e. The van der Waals surface area contributed by atoms with Crippen molar-refractivity contribution in [3.8, 4) is 0 Å². The zero-order valence-electron chi connectivity index (χ0n) is 11.7. The Kier molecular flexibility index (Phi) is 4.27. The Hall–Kier alpha value is -0.920. The minimum atomic E-state index is -3.28. The summed E-state index contributed by atoms with van der Waals surface area (Å²) in [7, 11) is -1.44. The summed E-state index contributed by atoms with van der Waals surface area (Å²) in [6, 6.07) is 0.526. The summed E-state index contributed by atoms with van der Waals surface area (Å²) in [4.78, 5) is 0. The van der Waals surface area contributed by atoms with E-state index in [1.807, 2.05) is 14.0 Å². The van der Waals surface area contributed by atoms with Gasteiger partial charge in [0.25, 0.3) is 0 Å². The van der Waals surface area contributed by atoms with Gasteiger partial charge < -0.3 is 5.32 Å². The van der Waals surface area contributed by atoms with E-state index in [0.717, 1.165) is 24.1 Å². The molecule has 1 fully saturated rings. The van der Waals surface area contributed by atoms with E-state index < -0.39 is 15.3 Å². The average molecular weight is 286 g/mol. The number of hydrogen-bond acceptors (Lipinski definition) is 4. The molecule has 19 heavy (non-hydrogen) atoms. The molecule has 2 N–H and O–H groups in total. The molecule has 1 atom stereocenters. The van der Waals surface area contributed by atoms with Gasteiger partial charge in [-0.15, -0.1) is 0 Å². The molecule has 1 unspecified atom stereocenters. The van der Waals surface area contributed by atoms with Crippen LogP contribution in [0.15, 0.2) is 6.20 Å². The molecule has 2 rings (SSSR count). The Bertz CT molecular complexity index is 534. The second kappa shape index (κ2) is 5.60. The lowest BCUT2D eigenvalue weighted by Gasteiger charge is -2.14. The normalized spacial score (nSPS) is 17.6. The highest BCUT2D eigenvalue weighted by Gasteiger charge is 2.25. The highest BCUT2D eigenvalue weighted by Crippen LogP contribution is 2.18. The second-order valence-corrected chi connectivity index (χ2v) is 7.42. The minimum Gasteiger partial charge on any atom is -0.313 e. The van der Waals surface area contributed by atoms with Crippen LogP contribution in [0, 0.1) is 6.92 Å². The monoisotopic (exact) mass is 286 g/mol. The summed E-state index contributed by atoms with van der Waals surface area (Å²) in [6.45, 7) is 4.46. The largest absolute Gasteiger partial charge is 0.313 e. The molecule has 1 aromatic rings. The molecule has 6 nitrogen and oxygen atoms in total. The third-order valence-electron chi connectivity index (χ3n) is 3.60. The summed E-state index contributed by atoms with van der Waals surface area (Å²) in [5, 5.41) is 6.91. The zero-order chi connectivity index (χ0) is 14.0. The van der Waals surface area contributed by atoms with Gasteiger partial charge in [0.15, 0.2) is 0 Å². The first-order valence-corrected chi connectivity index (χ1v) is 8.14. The molecule has 1 aliphatic carbocycles. The van der Waals surface area contributed by atoms with Crippen LogP contribution in [-0.2, 0) is 23.6 Å². The molecule has 1 aromatic heterocycles. The topological polar surface area (TPSA) is 76.0 Å². The summed E-state index contributed by atoms with van der Waals surface area (Å²) in [6.07, 6.45) is 4.02. The third kappa shape index (κ3) is 3.77. The summed E-state index contributed by atoms with van der Waals surface area (Å²) >= 11 is 0. The van der Waals surface area contributed by atoms with E-state index in [1.165, 1.54) is 0 Å². The van der Waals surface area contributed by atoms with Crippen LogP contribution in [0.4, 0.5) is 0 Å². The number of rotatable bonds is 7. The van der Waals surface area contributed by atoms with Crippen LogP contribution in [0.2, 0.25) is 0 Å². The van der Waals surface area contributed by atoms with Gasteiger partial charge in [-0.25, -0.2) is 13.1 Å². The van der Waals surface area contributed by atoms with E-state index >= 15 is 0 Å². The quantitative estimate of drug-likeness (QED) is 0.755. The number of aryl methyl sites for hydroxylation is 1. The molecule has 7 heteroatoms. The maximum absolute atomic E-state index is 12.1. The fourth-order valence-electron chi connectivity index (χ4n) is 1.77. The predicted octanol–water partition coefficient (Wildman–Crippen LogP) is 0.288. The molecular weight excluding hydrogens is 264 g/mol. The molecule has 1 heterocycles. The number of hydrogen-bond donors (Lipinski definition) is 2. The predicted molar refractivity (Wildman–Crippen MR) is 74.2 cm³/mol. The zero-order valence-corrected chi connectivity index (χ0v) is 12.5. The SMILES string of the molecule is Cc1c(CNS(=O)(=O)C(C)CNC2CC2)cnn1C. The van der Waals surface area contributed by atoms with Gasteiger partial charge in [-0.05, 0) is 26.7 Å². The molecule has 1 saturated carbocycles. The molecular formula is C12H22N4O2S. The fraction of sp³-hybridized carbons (Fsp3) is 0.750. The van der Waals surface area contributed by atoms with Gasteiger partial charge in [-0.2, -0.15) is 5.10 Å². The van der Waals surface area contributed by atoms with Gasteiger partial charge in [-0.1, -0.05) is 0 Å². The van der Waals surface area contributed by atoms with Crippen molar-refractivity contribution in [2.24, 2.45) is 7.05 Å². The van der Waals surface area contributed by atoms with Crippen molar-refractivity contribution in [1.29, 1.82) is 0 Å². The Labute approximate surface area is 114 Å². The van der Waals surface area contributed by atoms with E-state index in [1.54, 1.807) is 17.8 Å². The second-order valence-electron chi connectivity index (χ2n) is 5.24. The number of nitrogens with one attached hydrogen (secondary N) is 2. The van der Waals surface area contributed by atoms with Gasteiger partial charge in [0.05, 0.1) is 11.4 Å². The molecule has 0 bridgehead atoms. The molecule has 1 aliphatic rings. The van der Waals surface area contributed by atoms with Gasteiger partial charge in [0.1, 0.15) is 0 Å². The fourth-order valence-corrected chi connectivity index (χ4v) is 2.72. The van der Waals surface area contributed by atoms with Crippen molar-refractivity contribution in [2.45, 2.75) is 44.5 Å². The third-order valence-corrected chi connectivity index (χ3v) is 5.37. The van der Waals surface area contributed by atoms with Crippen molar-refractivity contribution in [2.75, 3.05) is 6.54 Å². The average Bonchev–Trinajstić information content (AvgIpc) is 3.13. The van der Waals surface area contributed by atoms with Crippen molar-refractivity contribution in [3.63, 3.8) is 0 Å². The summed E-state index contributed by atoms with van der Waals surface area (Å²) in [5.74, 6) is 0. The Morgan fingerprint density at radius 3 is 2.74 bits per heavy atom. The highest BCUT2D eigenvalue weighted by molar-refractivity contribution is 7.90. The molecule has 0 saturated heterocycles. The van der Waals surface area contributed by atoms with Gasteiger partial charge in [0, 0.05) is 37.4 Å². The Morgan fingerprint density at radius 2 is 2.21 bits per heavy atom. The van der Waals surface area contributed by atoms with E-state index in [0.29, 0.717) is 19.1 Å². The Balaban J connectivity index is 1.87. The first-order chi connectivity index (χ1) is 8.90. The van der Waals surface area contributed by atoms with Gasteiger partial charge in [-0.3, -0.25) is 4.68 Å². The molecule has 108 valence electrons. The van der Waals surface area contributed by atoms with E-state index in [-0.39, 0.29) is 0 Å². The van der Waals surface area contributed by atoms with Crippen LogP contribution in [-0.4, -0.2) is 36.0 Å². The first kappa shape index (κ1) is 14.5. The van der Waals surface area contributed by atoms with Crippen LogP contribution < -0.4 is 10.0 Å². The number of aromatic nitrogens is 2. The molecule has 0 amide bonds. The molecule has 0 aromatic carbocycles. The van der Waals surface area contributed by atoms with E-state index in [9.17, 15) is 8.42 Å². The molecule has 0 spiro atoms. The minimum absolute atomic E-state index is 0.301. The van der Waals surface area contributed by atoms with Crippen LogP contribution in [0.1, 0.15) is 31.0 Å². The summed E-state index contributed by atoms with van der Waals surface area (Å²) in [5.41, 5.74) is 1.89. The lowest BCUT2D eigenvalue weighted by Crippen LogP contribution is -2.39. The maximum Gasteiger partial charge on any atom is 0.215 e.